The molecule has 0 bridgehead atoms. The smallest absolute Gasteiger partial charge is 0.242 e. The Bertz CT molecular complexity index is 310. The van der Waals surface area contributed by atoms with E-state index in [-0.39, 0.29) is 36.7 Å². The van der Waals surface area contributed by atoms with Crippen molar-refractivity contribution >= 4 is 24.2 Å². The van der Waals surface area contributed by atoms with Gasteiger partial charge in [-0.25, -0.2) is 0 Å². The van der Waals surface area contributed by atoms with Gasteiger partial charge in [-0.15, -0.1) is 12.4 Å². The lowest BCUT2D eigenvalue weighted by atomic mass is 10.0. The average molecular weight is 278 g/mol. The maximum absolute atomic E-state index is 11.9. The van der Waals surface area contributed by atoms with E-state index < -0.39 is 0 Å². The lowest BCUT2D eigenvalue weighted by Crippen LogP contribution is -2.58. The number of carbonyl (C=O) groups is 2. The van der Waals surface area contributed by atoms with Gasteiger partial charge in [0.15, 0.2) is 0 Å². The molecule has 18 heavy (non-hydrogen) atoms. The van der Waals surface area contributed by atoms with Crippen LogP contribution in [0.2, 0.25) is 0 Å². The third kappa shape index (κ3) is 3.34. The second-order valence-electron chi connectivity index (χ2n) is 4.49. The molecule has 0 spiro atoms. The summed E-state index contributed by atoms with van der Waals surface area (Å²) in [5.74, 6) is 0.214. The van der Waals surface area contributed by atoms with Crippen molar-refractivity contribution in [3.63, 3.8) is 0 Å². The minimum atomic E-state index is 0. The highest BCUT2D eigenvalue weighted by Crippen LogP contribution is 2.11. The zero-order chi connectivity index (χ0) is 12.3. The van der Waals surface area contributed by atoms with E-state index in [4.69, 9.17) is 4.74 Å². The number of hydrogen-bond donors (Lipinski definition) is 1. The van der Waals surface area contributed by atoms with Gasteiger partial charge in [-0.2, -0.15) is 0 Å². The second-order valence-corrected chi connectivity index (χ2v) is 4.49. The molecule has 2 aliphatic rings. The van der Waals surface area contributed by atoms with Gasteiger partial charge in [0.1, 0.15) is 0 Å². The van der Waals surface area contributed by atoms with Crippen LogP contribution in [0.15, 0.2) is 0 Å². The topological polar surface area (TPSA) is 61.9 Å². The molecule has 6 nitrogen and oxygen atoms in total. The van der Waals surface area contributed by atoms with Crippen LogP contribution in [-0.4, -0.2) is 74.6 Å². The van der Waals surface area contributed by atoms with Gasteiger partial charge in [-0.05, 0) is 0 Å². The summed E-state index contributed by atoms with van der Waals surface area (Å²) in [6.45, 7) is 4.14. The predicted molar refractivity (Wildman–Crippen MR) is 68.6 cm³/mol. The molecule has 0 unspecified atom stereocenters. The van der Waals surface area contributed by atoms with E-state index in [1.807, 2.05) is 0 Å². The molecule has 0 radical (unpaired) electrons. The molecule has 0 saturated carbocycles. The molecule has 1 N–H and O–H groups in total. The summed E-state index contributed by atoms with van der Waals surface area (Å²) in [5, 5.41) is 3.07. The SMILES string of the molecule is COCCN1CCN(C(=O)C2CNC2)CC1=O.Cl. The lowest BCUT2D eigenvalue weighted by Gasteiger charge is -2.37. The molecule has 0 aliphatic carbocycles. The van der Waals surface area contributed by atoms with E-state index in [0.29, 0.717) is 26.2 Å². The fourth-order valence-electron chi connectivity index (χ4n) is 2.06. The van der Waals surface area contributed by atoms with Crippen LogP contribution >= 0.6 is 12.4 Å². The van der Waals surface area contributed by atoms with Crippen molar-refractivity contribution in [1.82, 2.24) is 15.1 Å². The highest BCUT2D eigenvalue weighted by Gasteiger charge is 2.33. The van der Waals surface area contributed by atoms with E-state index >= 15 is 0 Å². The first-order valence-electron chi connectivity index (χ1n) is 5.98. The van der Waals surface area contributed by atoms with Crippen molar-refractivity contribution in [2.75, 3.05) is 53.0 Å². The number of piperazine rings is 1. The Balaban J connectivity index is 0.00000162. The van der Waals surface area contributed by atoms with Gasteiger partial charge >= 0.3 is 0 Å². The van der Waals surface area contributed by atoms with Gasteiger partial charge in [0.05, 0.1) is 19.1 Å². The van der Waals surface area contributed by atoms with Crippen LogP contribution in [0, 0.1) is 5.92 Å². The van der Waals surface area contributed by atoms with Gasteiger partial charge in [0, 0.05) is 39.8 Å². The van der Waals surface area contributed by atoms with Crippen molar-refractivity contribution in [1.29, 1.82) is 0 Å². The van der Waals surface area contributed by atoms with Crippen molar-refractivity contribution < 1.29 is 14.3 Å². The van der Waals surface area contributed by atoms with Crippen molar-refractivity contribution in [3.8, 4) is 0 Å². The largest absolute Gasteiger partial charge is 0.383 e. The lowest BCUT2D eigenvalue weighted by molar-refractivity contribution is -0.148. The number of hydrogen-bond acceptors (Lipinski definition) is 4. The number of ether oxygens (including phenoxy) is 1. The molecule has 7 heteroatoms. The number of rotatable bonds is 4. The van der Waals surface area contributed by atoms with Gasteiger partial charge in [0.2, 0.25) is 11.8 Å². The number of carbonyl (C=O) groups excluding carboxylic acids is 2. The van der Waals surface area contributed by atoms with Crippen LogP contribution in [0.5, 0.6) is 0 Å². The minimum Gasteiger partial charge on any atom is -0.383 e. The van der Waals surface area contributed by atoms with Crippen molar-refractivity contribution in [2.24, 2.45) is 5.92 Å². The molecule has 2 saturated heterocycles. The molecule has 2 fully saturated rings. The monoisotopic (exact) mass is 277 g/mol. The van der Waals surface area contributed by atoms with Crippen LogP contribution in [0.25, 0.3) is 0 Å². The van der Waals surface area contributed by atoms with E-state index in [1.54, 1.807) is 16.9 Å². The first kappa shape index (κ1) is 15.2. The van der Waals surface area contributed by atoms with Crippen LogP contribution in [0.4, 0.5) is 0 Å². The minimum absolute atomic E-state index is 0. The molecule has 2 amide bonds. The Kier molecular flexibility index (Phi) is 5.84. The fourth-order valence-corrected chi connectivity index (χ4v) is 2.06. The Morgan fingerprint density at radius 2 is 2.17 bits per heavy atom. The predicted octanol–water partition coefficient (Wildman–Crippen LogP) is -1.06. The van der Waals surface area contributed by atoms with E-state index in [0.717, 1.165) is 13.1 Å². The number of amides is 2. The van der Waals surface area contributed by atoms with Gasteiger partial charge in [-0.1, -0.05) is 0 Å². The summed E-state index contributed by atoms with van der Waals surface area (Å²) in [4.78, 5) is 27.2. The first-order valence-corrected chi connectivity index (χ1v) is 5.98. The number of halogens is 1. The maximum Gasteiger partial charge on any atom is 0.242 e. The van der Waals surface area contributed by atoms with E-state index in [9.17, 15) is 9.59 Å². The summed E-state index contributed by atoms with van der Waals surface area (Å²) < 4.78 is 4.95. The first-order chi connectivity index (χ1) is 8.22. The van der Waals surface area contributed by atoms with Gasteiger partial charge < -0.3 is 19.9 Å². The van der Waals surface area contributed by atoms with E-state index in [2.05, 4.69) is 5.32 Å². The Labute approximate surface area is 113 Å². The molecule has 0 atom stereocenters. The highest BCUT2D eigenvalue weighted by atomic mass is 35.5. The molecule has 0 aromatic rings. The summed E-state index contributed by atoms with van der Waals surface area (Å²) in [7, 11) is 1.62. The Morgan fingerprint density at radius 1 is 1.44 bits per heavy atom. The fraction of sp³-hybridized carbons (Fsp3) is 0.818. The molecule has 2 aliphatic heterocycles. The molecule has 2 heterocycles. The summed E-state index contributed by atoms with van der Waals surface area (Å²) >= 11 is 0. The van der Waals surface area contributed by atoms with E-state index in [1.165, 1.54) is 0 Å². The molecule has 104 valence electrons. The molecule has 0 aromatic carbocycles. The molecule has 2 rings (SSSR count). The maximum atomic E-state index is 11.9. The normalized spacial score (nSPS) is 20.4. The number of nitrogens with zero attached hydrogens (tertiary/aromatic N) is 2. The molecule has 0 aromatic heterocycles. The standard InChI is InChI=1S/C11H19N3O3.ClH/c1-17-5-4-13-2-3-14(8-10(13)15)11(16)9-6-12-7-9;/h9,12H,2-8H2,1H3;1H. The molecular formula is C11H20ClN3O3. The zero-order valence-corrected chi connectivity index (χ0v) is 11.4. The highest BCUT2D eigenvalue weighted by molar-refractivity contribution is 5.87. The Morgan fingerprint density at radius 3 is 2.67 bits per heavy atom. The van der Waals surface area contributed by atoms with Gasteiger partial charge in [0.25, 0.3) is 0 Å². The van der Waals surface area contributed by atoms with Gasteiger partial charge in [-0.3, -0.25) is 9.59 Å². The summed E-state index contributed by atoms with van der Waals surface area (Å²) in [5.41, 5.74) is 0. The average Bonchev–Trinajstić information content (AvgIpc) is 2.25. The van der Waals surface area contributed by atoms with Crippen LogP contribution in [0.1, 0.15) is 0 Å². The zero-order valence-electron chi connectivity index (χ0n) is 10.6. The van der Waals surface area contributed by atoms with Crippen LogP contribution in [0.3, 0.4) is 0 Å². The third-order valence-electron chi connectivity index (χ3n) is 3.33. The number of nitrogens with one attached hydrogen (secondary N) is 1. The summed E-state index contributed by atoms with van der Waals surface area (Å²) in [6, 6.07) is 0. The third-order valence-corrected chi connectivity index (χ3v) is 3.33. The van der Waals surface area contributed by atoms with Crippen LogP contribution < -0.4 is 5.32 Å². The second kappa shape index (κ2) is 6.92. The quantitative estimate of drug-likeness (QED) is 0.712. The van der Waals surface area contributed by atoms with Crippen LogP contribution in [-0.2, 0) is 14.3 Å². The molecular weight excluding hydrogens is 258 g/mol. The van der Waals surface area contributed by atoms with Crippen molar-refractivity contribution in [2.45, 2.75) is 0 Å². The number of methoxy groups -OCH3 is 1. The Hall–Kier alpha value is -0.850. The summed E-state index contributed by atoms with van der Waals surface area (Å²) in [6.07, 6.45) is 0. The van der Waals surface area contributed by atoms with Crippen molar-refractivity contribution in [3.05, 3.63) is 0 Å².